The van der Waals surface area contributed by atoms with Crippen LogP contribution < -0.4 is 10.1 Å². The zero-order valence-corrected chi connectivity index (χ0v) is 11.6. The fraction of sp³-hybridized carbons (Fsp3) is 0.562. The number of fused-ring (bicyclic) bond motifs is 2. The third-order valence-electron chi connectivity index (χ3n) is 4.56. The monoisotopic (exact) mass is 277 g/mol. The summed E-state index contributed by atoms with van der Waals surface area (Å²) in [5.74, 6) is 1.59. The molecule has 3 nitrogen and oxygen atoms in total. The third kappa shape index (κ3) is 2.79. The van der Waals surface area contributed by atoms with Crippen LogP contribution in [0, 0.1) is 17.7 Å². The van der Waals surface area contributed by atoms with Gasteiger partial charge < -0.3 is 10.1 Å². The minimum Gasteiger partial charge on any atom is -0.481 e. The summed E-state index contributed by atoms with van der Waals surface area (Å²) in [6, 6.07) is 6.06. The number of ether oxygens (including phenoxy) is 1. The van der Waals surface area contributed by atoms with E-state index in [9.17, 15) is 9.18 Å². The number of nitrogens with one attached hydrogen (secondary N) is 1. The number of rotatable bonds is 4. The molecule has 1 N–H and O–H groups in total. The molecule has 0 saturated heterocycles. The van der Waals surface area contributed by atoms with Crippen molar-refractivity contribution in [1.29, 1.82) is 0 Å². The smallest absolute Gasteiger partial charge is 0.261 e. The summed E-state index contributed by atoms with van der Waals surface area (Å²) in [6.07, 6.45) is 4.37. The lowest BCUT2D eigenvalue weighted by atomic mass is 9.95. The molecule has 2 aliphatic rings. The lowest BCUT2D eigenvalue weighted by Gasteiger charge is -2.24. The minimum absolute atomic E-state index is 0.0770. The standard InChI is InChI=1S/C16H20FNO2/c1-10(20-14-6-4-13(17)5-7-14)16(19)18-15-9-11-2-3-12(15)8-11/h4-7,10-12,15H,2-3,8-9H2,1H3,(H,18,19)/t10-,11-,12-,15+/m0/s1. The third-order valence-corrected chi connectivity index (χ3v) is 4.56. The predicted octanol–water partition coefficient (Wildman–Crippen LogP) is 2.90. The first-order valence-electron chi connectivity index (χ1n) is 7.34. The van der Waals surface area contributed by atoms with Crippen LogP contribution in [0.25, 0.3) is 0 Å². The van der Waals surface area contributed by atoms with E-state index < -0.39 is 6.10 Å². The summed E-state index contributed by atoms with van der Waals surface area (Å²) >= 11 is 0. The van der Waals surface area contributed by atoms with Crippen molar-refractivity contribution in [3.8, 4) is 5.75 Å². The van der Waals surface area contributed by atoms with E-state index in [1.165, 1.54) is 43.5 Å². The van der Waals surface area contributed by atoms with Gasteiger partial charge in [-0.15, -0.1) is 0 Å². The Bertz CT molecular complexity index is 488. The fourth-order valence-corrected chi connectivity index (χ4v) is 3.49. The van der Waals surface area contributed by atoms with Crippen LogP contribution in [0.3, 0.4) is 0 Å². The molecule has 108 valence electrons. The summed E-state index contributed by atoms with van der Waals surface area (Å²) in [5, 5.41) is 3.10. The number of amides is 1. The van der Waals surface area contributed by atoms with Crippen LogP contribution in [-0.4, -0.2) is 18.1 Å². The largest absolute Gasteiger partial charge is 0.481 e. The Morgan fingerprint density at radius 2 is 2.05 bits per heavy atom. The maximum Gasteiger partial charge on any atom is 0.261 e. The first-order chi connectivity index (χ1) is 9.61. The van der Waals surface area contributed by atoms with Crippen LogP contribution in [0.4, 0.5) is 4.39 Å². The SMILES string of the molecule is C[C@H](Oc1ccc(F)cc1)C(=O)N[C@@H]1C[C@H]2CC[C@H]1C2. The first-order valence-corrected chi connectivity index (χ1v) is 7.34. The highest BCUT2D eigenvalue weighted by Gasteiger charge is 2.40. The van der Waals surface area contributed by atoms with Gasteiger partial charge in [0, 0.05) is 6.04 Å². The Hall–Kier alpha value is -1.58. The second kappa shape index (κ2) is 5.43. The normalized spacial score (nSPS) is 29.2. The number of hydrogen-bond acceptors (Lipinski definition) is 2. The van der Waals surface area contributed by atoms with Gasteiger partial charge in [-0.1, -0.05) is 6.42 Å². The zero-order valence-electron chi connectivity index (χ0n) is 11.6. The molecular weight excluding hydrogens is 257 g/mol. The molecule has 0 aromatic heterocycles. The minimum atomic E-state index is -0.556. The van der Waals surface area contributed by atoms with Crippen LogP contribution in [-0.2, 0) is 4.79 Å². The van der Waals surface area contributed by atoms with Crippen LogP contribution in [0.2, 0.25) is 0 Å². The van der Waals surface area contributed by atoms with E-state index in [0.29, 0.717) is 17.7 Å². The Kier molecular flexibility index (Phi) is 3.64. The van der Waals surface area contributed by atoms with E-state index in [2.05, 4.69) is 5.32 Å². The maximum absolute atomic E-state index is 12.8. The van der Waals surface area contributed by atoms with Crippen molar-refractivity contribution in [3.05, 3.63) is 30.1 Å². The van der Waals surface area contributed by atoms with Crippen LogP contribution in [0.1, 0.15) is 32.6 Å². The topological polar surface area (TPSA) is 38.3 Å². The van der Waals surface area contributed by atoms with E-state index >= 15 is 0 Å². The molecule has 4 atom stereocenters. The van der Waals surface area contributed by atoms with Crippen molar-refractivity contribution in [2.75, 3.05) is 0 Å². The van der Waals surface area contributed by atoms with Crippen molar-refractivity contribution >= 4 is 5.91 Å². The highest BCUT2D eigenvalue weighted by Crippen LogP contribution is 2.44. The zero-order chi connectivity index (χ0) is 14.1. The van der Waals surface area contributed by atoms with Crippen molar-refractivity contribution in [2.45, 2.75) is 44.8 Å². The maximum atomic E-state index is 12.8. The molecule has 1 amide bonds. The van der Waals surface area contributed by atoms with E-state index in [4.69, 9.17) is 4.74 Å². The van der Waals surface area contributed by atoms with Crippen molar-refractivity contribution in [1.82, 2.24) is 5.32 Å². The van der Waals surface area contributed by atoms with Gasteiger partial charge in [-0.25, -0.2) is 4.39 Å². The molecule has 0 spiro atoms. The van der Waals surface area contributed by atoms with Crippen LogP contribution in [0.5, 0.6) is 5.75 Å². The van der Waals surface area contributed by atoms with Gasteiger partial charge in [-0.2, -0.15) is 0 Å². The predicted molar refractivity (Wildman–Crippen MR) is 73.9 cm³/mol. The molecule has 2 bridgehead atoms. The highest BCUT2D eigenvalue weighted by molar-refractivity contribution is 5.81. The number of benzene rings is 1. The molecule has 0 radical (unpaired) electrons. The molecule has 3 rings (SSSR count). The Morgan fingerprint density at radius 3 is 2.65 bits per heavy atom. The summed E-state index contributed by atoms with van der Waals surface area (Å²) < 4.78 is 18.3. The number of halogens is 1. The quantitative estimate of drug-likeness (QED) is 0.919. The van der Waals surface area contributed by atoms with Crippen molar-refractivity contribution in [2.24, 2.45) is 11.8 Å². The fourth-order valence-electron chi connectivity index (χ4n) is 3.49. The van der Waals surface area contributed by atoms with Gasteiger partial charge in [0.05, 0.1) is 0 Å². The van der Waals surface area contributed by atoms with E-state index in [0.717, 1.165) is 12.3 Å². The molecule has 2 fully saturated rings. The lowest BCUT2D eigenvalue weighted by Crippen LogP contribution is -2.44. The summed E-state index contributed by atoms with van der Waals surface area (Å²) in [5.41, 5.74) is 0. The van der Waals surface area contributed by atoms with Crippen LogP contribution >= 0.6 is 0 Å². The molecule has 1 aromatic carbocycles. The van der Waals surface area contributed by atoms with Crippen molar-refractivity contribution in [3.63, 3.8) is 0 Å². The molecule has 4 heteroatoms. The molecule has 0 unspecified atom stereocenters. The molecule has 0 aliphatic heterocycles. The van der Waals surface area contributed by atoms with E-state index in [1.54, 1.807) is 6.92 Å². The summed E-state index contributed by atoms with van der Waals surface area (Å²) in [6.45, 7) is 1.73. The average molecular weight is 277 g/mol. The van der Waals surface area contributed by atoms with Gasteiger partial charge in [0.1, 0.15) is 11.6 Å². The molecule has 20 heavy (non-hydrogen) atoms. The second-order valence-corrected chi connectivity index (χ2v) is 6.00. The Morgan fingerprint density at radius 1 is 1.30 bits per heavy atom. The second-order valence-electron chi connectivity index (χ2n) is 6.00. The van der Waals surface area contributed by atoms with E-state index in [-0.39, 0.29) is 11.7 Å². The number of carbonyl (C=O) groups is 1. The van der Waals surface area contributed by atoms with Gasteiger partial charge in [0.25, 0.3) is 5.91 Å². The summed E-state index contributed by atoms with van der Waals surface area (Å²) in [4.78, 5) is 12.1. The lowest BCUT2D eigenvalue weighted by molar-refractivity contribution is -0.128. The van der Waals surface area contributed by atoms with E-state index in [1.807, 2.05) is 0 Å². The molecule has 2 saturated carbocycles. The molecule has 2 aliphatic carbocycles. The van der Waals surface area contributed by atoms with Gasteiger partial charge in [0.15, 0.2) is 6.10 Å². The van der Waals surface area contributed by atoms with Crippen LogP contribution in [0.15, 0.2) is 24.3 Å². The average Bonchev–Trinajstić information content (AvgIpc) is 3.03. The Balaban J connectivity index is 1.53. The Labute approximate surface area is 118 Å². The molecular formula is C16H20FNO2. The highest BCUT2D eigenvalue weighted by atomic mass is 19.1. The van der Waals surface area contributed by atoms with Gasteiger partial charge >= 0.3 is 0 Å². The first kappa shape index (κ1) is 13.4. The van der Waals surface area contributed by atoms with Crippen molar-refractivity contribution < 1.29 is 13.9 Å². The van der Waals surface area contributed by atoms with Gasteiger partial charge in [0.2, 0.25) is 0 Å². The number of hydrogen-bond donors (Lipinski definition) is 1. The summed E-state index contributed by atoms with van der Waals surface area (Å²) in [7, 11) is 0. The van der Waals surface area contributed by atoms with Gasteiger partial charge in [-0.05, 0) is 62.3 Å². The number of carbonyl (C=O) groups excluding carboxylic acids is 1. The molecule has 1 aromatic rings. The van der Waals surface area contributed by atoms with Gasteiger partial charge in [-0.3, -0.25) is 4.79 Å². The molecule has 0 heterocycles.